The van der Waals surface area contributed by atoms with Crippen molar-refractivity contribution in [3.05, 3.63) is 29.3 Å². The fourth-order valence-corrected chi connectivity index (χ4v) is 8.86. The third-order valence-corrected chi connectivity index (χ3v) is 10.6. The molecule has 5 aliphatic rings. The molecule has 1 aliphatic heterocycles. The van der Waals surface area contributed by atoms with Gasteiger partial charge in [0, 0.05) is 25.6 Å². The standard InChI is InChI=1S/C25H36N2O3S/c1-17-3-4-23(9-18(17)2)31(29,30)27-7-5-22(6-8-27)24(28)26-16-25-13-19-10-20(14-25)12-21(11-19)15-25/h3-4,9,19-22H,5-8,10-16H2,1-2H3,(H,26,28). The molecule has 1 saturated heterocycles. The molecule has 4 saturated carbocycles. The molecule has 0 atom stereocenters. The molecule has 31 heavy (non-hydrogen) atoms. The lowest BCUT2D eigenvalue weighted by atomic mass is 9.49. The maximum atomic E-state index is 13.0. The number of amides is 1. The van der Waals surface area contributed by atoms with Crippen molar-refractivity contribution in [1.82, 2.24) is 9.62 Å². The second-order valence-corrected chi connectivity index (χ2v) is 13.0. The summed E-state index contributed by atoms with van der Waals surface area (Å²) in [7, 11) is -3.49. The van der Waals surface area contributed by atoms with Crippen LogP contribution in [0.5, 0.6) is 0 Å². The topological polar surface area (TPSA) is 66.5 Å². The van der Waals surface area contributed by atoms with Gasteiger partial charge in [0.05, 0.1) is 4.90 Å². The molecule has 170 valence electrons. The van der Waals surface area contributed by atoms with E-state index in [1.165, 1.54) is 38.5 Å². The molecule has 0 unspecified atom stereocenters. The number of benzene rings is 1. The van der Waals surface area contributed by atoms with Gasteiger partial charge in [0.15, 0.2) is 0 Å². The minimum atomic E-state index is -3.49. The van der Waals surface area contributed by atoms with Crippen LogP contribution in [0.25, 0.3) is 0 Å². The number of hydrogen-bond acceptors (Lipinski definition) is 3. The summed E-state index contributed by atoms with van der Waals surface area (Å²) >= 11 is 0. The number of piperidine rings is 1. The van der Waals surface area contributed by atoms with Gasteiger partial charge in [-0.15, -0.1) is 0 Å². The van der Waals surface area contributed by atoms with Crippen LogP contribution >= 0.6 is 0 Å². The summed E-state index contributed by atoms with van der Waals surface area (Å²) in [6.45, 7) is 5.60. The molecular formula is C25H36N2O3S. The molecule has 4 aliphatic carbocycles. The zero-order valence-electron chi connectivity index (χ0n) is 18.9. The number of carbonyl (C=O) groups is 1. The van der Waals surface area contributed by atoms with Crippen LogP contribution in [-0.2, 0) is 14.8 Å². The van der Waals surface area contributed by atoms with Crippen LogP contribution < -0.4 is 5.32 Å². The maximum Gasteiger partial charge on any atom is 0.243 e. The maximum absolute atomic E-state index is 13.0. The Hall–Kier alpha value is -1.40. The normalized spacial score (nSPS) is 33.5. The van der Waals surface area contributed by atoms with Crippen molar-refractivity contribution in [2.24, 2.45) is 29.1 Å². The fraction of sp³-hybridized carbons (Fsp3) is 0.720. The largest absolute Gasteiger partial charge is 0.355 e. The Labute approximate surface area is 187 Å². The molecule has 4 bridgehead atoms. The molecule has 6 heteroatoms. The van der Waals surface area contributed by atoms with Crippen molar-refractivity contribution in [3.63, 3.8) is 0 Å². The highest BCUT2D eigenvalue weighted by Crippen LogP contribution is 2.59. The number of hydrogen-bond donors (Lipinski definition) is 1. The molecule has 1 heterocycles. The minimum absolute atomic E-state index is 0.0693. The average molecular weight is 445 g/mol. The van der Waals surface area contributed by atoms with Crippen LogP contribution in [0.15, 0.2) is 23.1 Å². The van der Waals surface area contributed by atoms with Crippen molar-refractivity contribution in [3.8, 4) is 0 Å². The molecular weight excluding hydrogens is 408 g/mol. The van der Waals surface area contributed by atoms with Crippen LogP contribution in [0, 0.1) is 42.9 Å². The number of rotatable bonds is 5. The number of aryl methyl sites for hydroxylation is 2. The van der Waals surface area contributed by atoms with Crippen LogP contribution in [-0.4, -0.2) is 38.3 Å². The van der Waals surface area contributed by atoms with Crippen LogP contribution in [0.1, 0.15) is 62.5 Å². The van der Waals surface area contributed by atoms with Gasteiger partial charge in [-0.2, -0.15) is 4.31 Å². The lowest BCUT2D eigenvalue weighted by Gasteiger charge is -2.57. The molecule has 0 spiro atoms. The quantitative estimate of drug-likeness (QED) is 0.745. The number of nitrogens with zero attached hydrogens (tertiary/aromatic N) is 1. The number of sulfonamides is 1. The lowest BCUT2D eigenvalue weighted by molar-refractivity contribution is -0.128. The van der Waals surface area contributed by atoms with E-state index in [1.807, 2.05) is 19.9 Å². The van der Waals surface area contributed by atoms with Crippen molar-refractivity contribution in [2.45, 2.75) is 70.1 Å². The van der Waals surface area contributed by atoms with Gasteiger partial charge in [-0.25, -0.2) is 8.42 Å². The van der Waals surface area contributed by atoms with E-state index >= 15 is 0 Å². The molecule has 6 rings (SSSR count). The third-order valence-electron chi connectivity index (χ3n) is 8.74. The Morgan fingerprint density at radius 3 is 2.13 bits per heavy atom. The predicted octanol–water partition coefficient (Wildman–Crippen LogP) is 4.04. The lowest BCUT2D eigenvalue weighted by Crippen LogP contribution is -2.52. The molecule has 1 aromatic carbocycles. The van der Waals surface area contributed by atoms with E-state index in [1.54, 1.807) is 16.4 Å². The predicted molar refractivity (Wildman–Crippen MR) is 121 cm³/mol. The van der Waals surface area contributed by atoms with Gasteiger partial charge in [0.25, 0.3) is 0 Å². The summed E-state index contributed by atoms with van der Waals surface area (Å²) in [5.41, 5.74) is 2.42. The summed E-state index contributed by atoms with van der Waals surface area (Å²) in [5.74, 6) is 2.74. The Kier molecular flexibility index (Phi) is 5.45. The minimum Gasteiger partial charge on any atom is -0.355 e. The molecule has 1 amide bonds. The van der Waals surface area contributed by atoms with Crippen LogP contribution in [0.2, 0.25) is 0 Å². The fourth-order valence-electron chi connectivity index (χ4n) is 7.31. The van der Waals surface area contributed by atoms with Gasteiger partial charge in [-0.05, 0) is 112 Å². The van der Waals surface area contributed by atoms with Gasteiger partial charge in [-0.3, -0.25) is 4.79 Å². The van der Waals surface area contributed by atoms with Crippen molar-refractivity contribution < 1.29 is 13.2 Å². The first-order valence-corrected chi connectivity index (χ1v) is 13.5. The van der Waals surface area contributed by atoms with E-state index in [0.717, 1.165) is 35.4 Å². The Morgan fingerprint density at radius 1 is 1.00 bits per heavy atom. The van der Waals surface area contributed by atoms with Gasteiger partial charge in [0.2, 0.25) is 15.9 Å². The van der Waals surface area contributed by atoms with E-state index in [0.29, 0.717) is 36.2 Å². The van der Waals surface area contributed by atoms with Gasteiger partial charge < -0.3 is 5.32 Å². The van der Waals surface area contributed by atoms with Gasteiger partial charge in [-0.1, -0.05) is 6.07 Å². The SMILES string of the molecule is Cc1ccc(S(=O)(=O)N2CCC(C(=O)NCC34CC5CC(CC(C5)C3)C4)CC2)cc1C. The highest BCUT2D eigenvalue weighted by atomic mass is 32.2. The number of carbonyl (C=O) groups excluding carboxylic acids is 1. The smallest absolute Gasteiger partial charge is 0.243 e. The average Bonchev–Trinajstić information content (AvgIpc) is 2.73. The van der Waals surface area contributed by atoms with E-state index in [2.05, 4.69) is 5.32 Å². The van der Waals surface area contributed by atoms with Crippen molar-refractivity contribution in [2.75, 3.05) is 19.6 Å². The summed E-state index contributed by atoms with van der Waals surface area (Å²) in [6, 6.07) is 5.32. The van der Waals surface area contributed by atoms with Crippen molar-refractivity contribution in [1.29, 1.82) is 0 Å². The zero-order valence-corrected chi connectivity index (χ0v) is 19.7. The molecule has 5 nitrogen and oxygen atoms in total. The van der Waals surface area contributed by atoms with Crippen LogP contribution in [0.3, 0.4) is 0 Å². The second-order valence-electron chi connectivity index (χ2n) is 11.1. The zero-order chi connectivity index (χ0) is 21.8. The highest BCUT2D eigenvalue weighted by Gasteiger charge is 2.50. The monoisotopic (exact) mass is 444 g/mol. The van der Waals surface area contributed by atoms with Gasteiger partial charge in [0.1, 0.15) is 0 Å². The first-order valence-electron chi connectivity index (χ1n) is 12.1. The van der Waals surface area contributed by atoms with Crippen molar-refractivity contribution >= 4 is 15.9 Å². The second kappa shape index (κ2) is 7.87. The Balaban J connectivity index is 1.16. The van der Waals surface area contributed by atoms with E-state index in [9.17, 15) is 13.2 Å². The molecule has 0 radical (unpaired) electrons. The summed E-state index contributed by atoms with van der Waals surface area (Å²) < 4.78 is 27.6. The Morgan fingerprint density at radius 2 is 1.58 bits per heavy atom. The Bertz CT molecular complexity index is 928. The highest BCUT2D eigenvalue weighted by molar-refractivity contribution is 7.89. The van der Waals surface area contributed by atoms with Gasteiger partial charge >= 0.3 is 0 Å². The molecule has 1 aromatic rings. The van der Waals surface area contributed by atoms with E-state index in [-0.39, 0.29) is 11.8 Å². The summed E-state index contributed by atoms with van der Waals surface area (Å²) in [4.78, 5) is 13.3. The third kappa shape index (κ3) is 4.06. The molecule has 5 fully saturated rings. The van der Waals surface area contributed by atoms with E-state index in [4.69, 9.17) is 0 Å². The summed E-state index contributed by atoms with van der Waals surface area (Å²) in [6.07, 6.45) is 9.36. The molecule has 1 N–H and O–H groups in total. The van der Waals surface area contributed by atoms with E-state index < -0.39 is 10.0 Å². The number of nitrogens with one attached hydrogen (secondary N) is 1. The van der Waals surface area contributed by atoms with Crippen LogP contribution in [0.4, 0.5) is 0 Å². The molecule has 0 aromatic heterocycles. The first kappa shape index (κ1) is 21.4. The summed E-state index contributed by atoms with van der Waals surface area (Å²) in [5, 5.41) is 3.30. The first-order chi connectivity index (χ1) is 14.7.